The number of benzene rings is 2. The Balaban J connectivity index is 1.25. The van der Waals surface area contributed by atoms with Crippen molar-refractivity contribution in [2.24, 2.45) is 0 Å². The van der Waals surface area contributed by atoms with Gasteiger partial charge in [-0.2, -0.15) is 0 Å². The standard InChI is InChI=1S/C30H36N2O7/c1-19(31-28(33)26-5-3-17-37-26)27(22-10-8-21(9-11-22)20-6-7-20)38-24-14-12-23(13-15-24)29(34)39-25-4-2-16-32(18-25)30(35)36/h8-15,19-20,25-27H,2-7,16-18H2,1H3,(H,31,33)(H,35,36)/t19?,25-,26-,27?/m0/s1. The quantitative estimate of drug-likeness (QED) is 0.448. The Morgan fingerprint density at radius 3 is 2.38 bits per heavy atom. The predicted octanol–water partition coefficient (Wildman–Crippen LogP) is 4.67. The molecule has 2 aromatic carbocycles. The number of hydrogen-bond acceptors (Lipinski definition) is 6. The molecule has 1 aliphatic carbocycles. The Labute approximate surface area is 228 Å². The maximum atomic E-state index is 12.8. The molecule has 0 spiro atoms. The molecule has 9 nitrogen and oxygen atoms in total. The third-order valence-corrected chi connectivity index (χ3v) is 7.64. The lowest BCUT2D eigenvalue weighted by Crippen LogP contribution is -2.44. The molecule has 0 radical (unpaired) electrons. The van der Waals surface area contributed by atoms with Crippen molar-refractivity contribution < 1.29 is 33.7 Å². The molecule has 2 amide bonds. The van der Waals surface area contributed by atoms with E-state index in [1.807, 2.05) is 6.92 Å². The lowest BCUT2D eigenvalue weighted by molar-refractivity contribution is -0.131. The smallest absolute Gasteiger partial charge is 0.407 e. The zero-order valence-corrected chi connectivity index (χ0v) is 22.2. The van der Waals surface area contributed by atoms with E-state index in [0.717, 1.165) is 12.0 Å². The first kappa shape index (κ1) is 27.0. The average molecular weight is 537 g/mol. The Kier molecular flexibility index (Phi) is 8.35. The number of ether oxygens (including phenoxy) is 3. The first-order chi connectivity index (χ1) is 18.9. The predicted molar refractivity (Wildman–Crippen MR) is 143 cm³/mol. The van der Waals surface area contributed by atoms with Gasteiger partial charge in [0.25, 0.3) is 0 Å². The lowest BCUT2D eigenvalue weighted by Gasteiger charge is -2.30. The van der Waals surface area contributed by atoms with E-state index < -0.39 is 30.4 Å². The zero-order valence-electron chi connectivity index (χ0n) is 22.2. The van der Waals surface area contributed by atoms with Crippen molar-refractivity contribution in [2.75, 3.05) is 19.7 Å². The van der Waals surface area contributed by atoms with E-state index in [-0.39, 0.29) is 18.5 Å². The number of rotatable bonds is 9. The summed E-state index contributed by atoms with van der Waals surface area (Å²) in [6.45, 7) is 3.15. The van der Waals surface area contributed by atoms with E-state index in [2.05, 4.69) is 29.6 Å². The third kappa shape index (κ3) is 6.89. The Morgan fingerprint density at radius 2 is 1.74 bits per heavy atom. The van der Waals surface area contributed by atoms with Crippen LogP contribution in [0.5, 0.6) is 5.75 Å². The molecule has 4 atom stereocenters. The first-order valence-corrected chi connectivity index (χ1v) is 13.8. The summed E-state index contributed by atoms with van der Waals surface area (Å²) in [5.41, 5.74) is 2.63. The molecule has 2 heterocycles. The van der Waals surface area contributed by atoms with E-state index in [1.165, 1.54) is 23.3 Å². The summed E-state index contributed by atoms with van der Waals surface area (Å²) >= 11 is 0. The molecule has 2 aliphatic heterocycles. The highest BCUT2D eigenvalue weighted by atomic mass is 16.5. The van der Waals surface area contributed by atoms with E-state index in [1.54, 1.807) is 24.3 Å². The molecule has 3 aliphatic rings. The van der Waals surface area contributed by atoms with E-state index >= 15 is 0 Å². The molecule has 2 aromatic rings. The Bertz CT molecular complexity index is 1160. The summed E-state index contributed by atoms with van der Waals surface area (Å²) in [7, 11) is 0. The maximum absolute atomic E-state index is 12.8. The topological polar surface area (TPSA) is 114 Å². The van der Waals surface area contributed by atoms with Crippen LogP contribution in [0.2, 0.25) is 0 Å². The third-order valence-electron chi connectivity index (χ3n) is 7.64. The lowest BCUT2D eigenvalue weighted by atomic mass is 10.00. The van der Waals surface area contributed by atoms with Crippen LogP contribution in [-0.4, -0.2) is 65.9 Å². The van der Waals surface area contributed by atoms with Crippen LogP contribution in [0.15, 0.2) is 48.5 Å². The second-order valence-electron chi connectivity index (χ2n) is 10.7. The van der Waals surface area contributed by atoms with Crippen molar-refractivity contribution in [3.05, 3.63) is 65.2 Å². The SMILES string of the molecule is CC(NC(=O)[C@@H]1CCCO1)C(Oc1ccc(C(=O)O[C@H]2CCCN(C(=O)O)C2)cc1)c1ccc(C2CC2)cc1. The van der Waals surface area contributed by atoms with Gasteiger partial charge < -0.3 is 29.5 Å². The van der Waals surface area contributed by atoms with Gasteiger partial charge in [0.1, 0.15) is 24.1 Å². The summed E-state index contributed by atoms with van der Waals surface area (Å²) in [6, 6.07) is 14.7. The highest BCUT2D eigenvalue weighted by Crippen LogP contribution is 2.40. The van der Waals surface area contributed by atoms with Crippen LogP contribution in [0, 0.1) is 0 Å². The fraction of sp³-hybridized carbons (Fsp3) is 0.500. The van der Waals surface area contributed by atoms with Crippen LogP contribution in [0.1, 0.15) is 79.0 Å². The van der Waals surface area contributed by atoms with Gasteiger partial charge in [0.05, 0.1) is 18.2 Å². The van der Waals surface area contributed by atoms with Crippen LogP contribution in [-0.2, 0) is 14.3 Å². The number of hydrogen-bond donors (Lipinski definition) is 2. The summed E-state index contributed by atoms with van der Waals surface area (Å²) < 4.78 is 17.5. The largest absolute Gasteiger partial charge is 0.484 e. The molecule has 3 fully saturated rings. The van der Waals surface area contributed by atoms with Crippen LogP contribution >= 0.6 is 0 Å². The van der Waals surface area contributed by atoms with Crippen LogP contribution in [0.3, 0.4) is 0 Å². The van der Waals surface area contributed by atoms with Gasteiger partial charge in [-0.3, -0.25) is 4.79 Å². The average Bonchev–Trinajstić information content (AvgIpc) is 3.65. The second-order valence-corrected chi connectivity index (χ2v) is 10.7. The number of carbonyl (C=O) groups is 3. The Hall–Kier alpha value is -3.59. The van der Waals surface area contributed by atoms with Gasteiger partial charge in [-0.25, -0.2) is 9.59 Å². The molecule has 9 heteroatoms. The summed E-state index contributed by atoms with van der Waals surface area (Å²) in [5.74, 6) is 0.563. The zero-order chi connectivity index (χ0) is 27.4. The molecular formula is C30H36N2O7. The number of esters is 1. The first-order valence-electron chi connectivity index (χ1n) is 13.8. The summed E-state index contributed by atoms with van der Waals surface area (Å²) in [4.78, 5) is 38.0. The molecule has 2 unspecified atom stereocenters. The van der Waals surface area contributed by atoms with Crippen LogP contribution in [0.25, 0.3) is 0 Å². The molecule has 1 saturated carbocycles. The van der Waals surface area contributed by atoms with Crippen LogP contribution < -0.4 is 10.1 Å². The summed E-state index contributed by atoms with van der Waals surface area (Å²) in [6.07, 6.45) is 2.98. The van der Waals surface area contributed by atoms with E-state index in [4.69, 9.17) is 14.2 Å². The normalized spacial score (nSPS) is 22.5. The molecular weight excluding hydrogens is 500 g/mol. The molecule has 0 aromatic heterocycles. The van der Waals surface area contributed by atoms with E-state index in [9.17, 15) is 19.5 Å². The number of amides is 2. The number of nitrogens with one attached hydrogen (secondary N) is 1. The minimum Gasteiger partial charge on any atom is -0.484 e. The monoisotopic (exact) mass is 536 g/mol. The van der Waals surface area contributed by atoms with Crippen molar-refractivity contribution in [1.82, 2.24) is 10.2 Å². The second kappa shape index (κ2) is 12.1. The fourth-order valence-electron chi connectivity index (χ4n) is 5.25. The number of carboxylic acid groups (broad SMARTS) is 1. The molecule has 39 heavy (non-hydrogen) atoms. The van der Waals surface area contributed by atoms with Gasteiger partial charge in [-0.05, 0) is 86.8 Å². The van der Waals surface area contributed by atoms with Gasteiger partial charge in [0.15, 0.2) is 0 Å². The van der Waals surface area contributed by atoms with Gasteiger partial charge in [-0.15, -0.1) is 0 Å². The number of carbonyl (C=O) groups excluding carboxylic acids is 2. The minimum absolute atomic E-state index is 0.134. The maximum Gasteiger partial charge on any atom is 0.407 e. The molecule has 0 bridgehead atoms. The van der Waals surface area contributed by atoms with Crippen molar-refractivity contribution in [3.63, 3.8) is 0 Å². The van der Waals surface area contributed by atoms with Gasteiger partial charge in [0, 0.05) is 13.2 Å². The molecule has 2 N–H and O–H groups in total. The van der Waals surface area contributed by atoms with Crippen molar-refractivity contribution in [2.45, 2.75) is 75.7 Å². The van der Waals surface area contributed by atoms with Crippen molar-refractivity contribution >= 4 is 18.0 Å². The highest BCUT2D eigenvalue weighted by Gasteiger charge is 2.30. The molecule has 2 saturated heterocycles. The van der Waals surface area contributed by atoms with Crippen LogP contribution in [0.4, 0.5) is 4.79 Å². The van der Waals surface area contributed by atoms with Gasteiger partial charge in [-0.1, -0.05) is 24.3 Å². The van der Waals surface area contributed by atoms with Crippen molar-refractivity contribution in [1.29, 1.82) is 0 Å². The Morgan fingerprint density at radius 1 is 1.00 bits per heavy atom. The molecule has 5 rings (SSSR count). The highest BCUT2D eigenvalue weighted by molar-refractivity contribution is 5.89. The number of likely N-dealkylation sites (tertiary alicyclic amines) is 1. The van der Waals surface area contributed by atoms with Crippen molar-refractivity contribution in [3.8, 4) is 5.75 Å². The number of piperidine rings is 1. The number of nitrogens with zero attached hydrogens (tertiary/aromatic N) is 1. The van der Waals surface area contributed by atoms with E-state index in [0.29, 0.717) is 49.6 Å². The summed E-state index contributed by atoms with van der Waals surface area (Å²) in [5, 5.41) is 12.3. The molecule has 208 valence electrons. The van der Waals surface area contributed by atoms with Gasteiger partial charge >= 0.3 is 12.1 Å². The van der Waals surface area contributed by atoms with Gasteiger partial charge in [0.2, 0.25) is 5.91 Å². The fourth-order valence-corrected chi connectivity index (χ4v) is 5.25. The minimum atomic E-state index is -1.00.